The van der Waals surface area contributed by atoms with Crippen molar-refractivity contribution in [1.29, 1.82) is 0 Å². The number of nitrogens with zero attached hydrogens (tertiary/aromatic N) is 3. The molecule has 110 valence electrons. The minimum Gasteiger partial charge on any atom is -0.409 e. The van der Waals surface area contributed by atoms with Gasteiger partial charge < -0.3 is 15.8 Å². The van der Waals surface area contributed by atoms with E-state index in [1.54, 1.807) is 6.20 Å². The fourth-order valence-corrected chi connectivity index (χ4v) is 2.93. The van der Waals surface area contributed by atoms with Gasteiger partial charge in [-0.1, -0.05) is 19.0 Å². The van der Waals surface area contributed by atoms with Crippen LogP contribution in [0.2, 0.25) is 0 Å². The first kappa shape index (κ1) is 14.6. The van der Waals surface area contributed by atoms with Gasteiger partial charge in [-0.05, 0) is 43.2 Å². The molecule has 3 N–H and O–H groups in total. The van der Waals surface area contributed by atoms with E-state index in [0.717, 1.165) is 30.6 Å². The van der Waals surface area contributed by atoms with Gasteiger partial charge in [-0.2, -0.15) is 0 Å². The van der Waals surface area contributed by atoms with Crippen molar-refractivity contribution in [3.8, 4) is 0 Å². The molecule has 0 radical (unpaired) electrons. The highest BCUT2D eigenvalue weighted by atomic mass is 16.4. The summed E-state index contributed by atoms with van der Waals surface area (Å²) in [5, 5.41) is 12.0. The van der Waals surface area contributed by atoms with Crippen LogP contribution in [0.15, 0.2) is 23.5 Å². The lowest BCUT2D eigenvalue weighted by Crippen LogP contribution is -2.28. The van der Waals surface area contributed by atoms with E-state index in [2.05, 4.69) is 28.9 Å². The molecule has 1 aromatic rings. The van der Waals surface area contributed by atoms with Gasteiger partial charge in [-0.3, -0.25) is 4.98 Å². The zero-order valence-corrected chi connectivity index (χ0v) is 12.3. The van der Waals surface area contributed by atoms with Crippen LogP contribution in [0.1, 0.15) is 38.8 Å². The van der Waals surface area contributed by atoms with E-state index < -0.39 is 0 Å². The minimum atomic E-state index is 0.0743. The van der Waals surface area contributed by atoms with Crippen LogP contribution in [0.25, 0.3) is 0 Å². The number of hydrogen-bond donors (Lipinski definition) is 2. The Morgan fingerprint density at radius 1 is 1.45 bits per heavy atom. The van der Waals surface area contributed by atoms with Crippen LogP contribution in [0.3, 0.4) is 0 Å². The Morgan fingerprint density at radius 2 is 2.25 bits per heavy atom. The third kappa shape index (κ3) is 3.21. The van der Waals surface area contributed by atoms with Gasteiger partial charge in [0.1, 0.15) is 5.69 Å². The summed E-state index contributed by atoms with van der Waals surface area (Å²) in [6.07, 6.45) is 5.30. The smallest absolute Gasteiger partial charge is 0.190 e. The molecule has 5 heteroatoms. The summed E-state index contributed by atoms with van der Waals surface area (Å²) in [7, 11) is 0. The van der Waals surface area contributed by atoms with E-state index >= 15 is 0 Å². The highest BCUT2D eigenvalue weighted by Gasteiger charge is 2.22. The van der Waals surface area contributed by atoms with E-state index in [1.807, 2.05) is 12.1 Å². The van der Waals surface area contributed by atoms with Crippen LogP contribution in [-0.4, -0.2) is 29.1 Å². The molecule has 0 spiro atoms. The summed E-state index contributed by atoms with van der Waals surface area (Å²) >= 11 is 0. The van der Waals surface area contributed by atoms with E-state index in [9.17, 15) is 0 Å². The van der Waals surface area contributed by atoms with Crippen molar-refractivity contribution < 1.29 is 5.21 Å². The lowest BCUT2D eigenvalue weighted by atomic mass is 9.89. The van der Waals surface area contributed by atoms with Gasteiger partial charge in [0.25, 0.3) is 0 Å². The quantitative estimate of drug-likeness (QED) is 0.385. The monoisotopic (exact) mass is 276 g/mol. The number of oxime groups is 1. The van der Waals surface area contributed by atoms with Crippen LogP contribution in [0.5, 0.6) is 0 Å². The molecule has 2 rings (SSSR count). The maximum absolute atomic E-state index is 8.89. The minimum absolute atomic E-state index is 0.0743. The Hall–Kier alpha value is -1.78. The van der Waals surface area contributed by atoms with E-state index in [4.69, 9.17) is 10.9 Å². The molecule has 1 unspecified atom stereocenters. The molecule has 0 amide bonds. The van der Waals surface area contributed by atoms with Gasteiger partial charge in [-0.25, -0.2) is 0 Å². The van der Waals surface area contributed by atoms with Gasteiger partial charge in [-0.15, -0.1) is 0 Å². The molecule has 0 saturated carbocycles. The van der Waals surface area contributed by atoms with Crippen LogP contribution in [0.4, 0.5) is 5.69 Å². The number of pyridine rings is 1. The van der Waals surface area contributed by atoms with Crippen molar-refractivity contribution in [3.05, 3.63) is 24.0 Å². The Kier molecular flexibility index (Phi) is 4.82. The average molecular weight is 276 g/mol. The van der Waals surface area contributed by atoms with Crippen molar-refractivity contribution in [2.24, 2.45) is 22.7 Å². The molecule has 1 aliphatic heterocycles. The van der Waals surface area contributed by atoms with E-state index in [1.165, 1.54) is 19.3 Å². The summed E-state index contributed by atoms with van der Waals surface area (Å²) < 4.78 is 0. The average Bonchev–Trinajstić information content (AvgIpc) is 2.72. The number of rotatable bonds is 3. The van der Waals surface area contributed by atoms with Crippen LogP contribution >= 0.6 is 0 Å². The zero-order valence-electron chi connectivity index (χ0n) is 12.3. The molecule has 1 fully saturated rings. The summed E-state index contributed by atoms with van der Waals surface area (Å²) in [5.74, 6) is 1.58. The predicted molar refractivity (Wildman–Crippen MR) is 81.1 cm³/mol. The Morgan fingerprint density at radius 3 is 2.95 bits per heavy atom. The zero-order chi connectivity index (χ0) is 14.5. The molecular weight excluding hydrogens is 252 g/mol. The van der Waals surface area contributed by atoms with Gasteiger partial charge in [0.05, 0.1) is 5.69 Å². The maximum Gasteiger partial charge on any atom is 0.190 e. The van der Waals surface area contributed by atoms with Crippen molar-refractivity contribution >= 4 is 11.5 Å². The Balaban J connectivity index is 2.20. The fourth-order valence-electron chi connectivity index (χ4n) is 2.93. The van der Waals surface area contributed by atoms with Crippen molar-refractivity contribution in [2.45, 2.75) is 33.1 Å². The predicted octanol–water partition coefficient (Wildman–Crippen LogP) is 2.44. The number of amidine groups is 1. The molecule has 1 aliphatic rings. The van der Waals surface area contributed by atoms with Crippen LogP contribution < -0.4 is 10.6 Å². The first-order chi connectivity index (χ1) is 9.63. The summed E-state index contributed by atoms with van der Waals surface area (Å²) in [4.78, 5) is 6.56. The van der Waals surface area contributed by atoms with Crippen molar-refractivity contribution in [3.63, 3.8) is 0 Å². The summed E-state index contributed by atoms with van der Waals surface area (Å²) in [5.41, 5.74) is 7.26. The van der Waals surface area contributed by atoms with Crippen molar-refractivity contribution in [1.82, 2.24) is 4.98 Å². The van der Waals surface area contributed by atoms with Gasteiger partial charge in [0, 0.05) is 19.3 Å². The molecule has 0 aliphatic carbocycles. The summed E-state index contributed by atoms with van der Waals surface area (Å²) in [6, 6.07) is 3.89. The molecule has 1 aromatic heterocycles. The topological polar surface area (TPSA) is 74.7 Å². The molecular formula is C15H24N4O. The second-order valence-electron chi connectivity index (χ2n) is 5.78. The molecule has 0 bridgehead atoms. The van der Waals surface area contributed by atoms with E-state index in [-0.39, 0.29) is 5.84 Å². The SMILES string of the molecule is CC(C)C1CCCN(c2cccnc2/C(N)=N/O)CC1. The highest BCUT2D eigenvalue weighted by Crippen LogP contribution is 2.28. The molecule has 0 aromatic carbocycles. The fraction of sp³-hybridized carbons (Fsp3) is 0.600. The molecule has 1 saturated heterocycles. The normalized spacial score (nSPS) is 21.1. The largest absolute Gasteiger partial charge is 0.409 e. The van der Waals surface area contributed by atoms with Crippen LogP contribution in [-0.2, 0) is 0 Å². The lowest BCUT2D eigenvalue weighted by Gasteiger charge is -2.25. The van der Waals surface area contributed by atoms with Gasteiger partial charge in [0.15, 0.2) is 5.84 Å². The second kappa shape index (κ2) is 6.59. The van der Waals surface area contributed by atoms with Gasteiger partial charge in [0.2, 0.25) is 0 Å². The third-order valence-electron chi connectivity index (χ3n) is 4.19. The highest BCUT2D eigenvalue weighted by molar-refractivity contribution is 6.00. The first-order valence-electron chi connectivity index (χ1n) is 7.31. The molecule has 20 heavy (non-hydrogen) atoms. The maximum atomic E-state index is 8.89. The number of nitrogens with two attached hydrogens (primary N) is 1. The summed E-state index contributed by atoms with van der Waals surface area (Å²) in [6.45, 7) is 6.60. The number of hydrogen-bond acceptors (Lipinski definition) is 4. The second-order valence-corrected chi connectivity index (χ2v) is 5.78. The molecule has 2 heterocycles. The Labute approximate surface area is 120 Å². The van der Waals surface area contributed by atoms with Crippen molar-refractivity contribution in [2.75, 3.05) is 18.0 Å². The van der Waals surface area contributed by atoms with E-state index in [0.29, 0.717) is 5.69 Å². The number of anilines is 1. The lowest BCUT2D eigenvalue weighted by molar-refractivity contribution is 0.318. The number of aromatic nitrogens is 1. The third-order valence-corrected chi connectivity index (χ3v) is 4.19. The first-order valence-corrected chi connectivity index (χ1v) is 7.31. The molecule has 1 atom stereocenters. The Bertz CT molecular complexity index is 473. The van der Waals surface area contributed by atoms with Gasteiger partial charge >= 0.3 is 0 Å². The van der Waals surface area contributed by atoms with Crippen LogP contribution in [0, 0.1) is 11.8 Å². The molecule has 5 nitrogen and oxygen atoms in total. The standard InChI is InChI=1S/C15H24N4O/c1-11(2)12-5-4-9-19(10-7-12)13-6-3-8-17-14(13)15(16)18-20/h3,6,8,11-12,20H,4-5,7,9-10H2,1-2H3,(H2,16,18).